The van der Waals surface area contributed by atoms with Gasteiger partial charge in [0.05, 0.1) is 5.69 Å². The predicted octanol–water partition coefficient (Wildman–Crippen LogP) is 4.72. The highest BCUT2D eigenvalue weighted by Crippen LogP contribution is 2.43. The summed E-state index contributed by atoms with van der Waals surface area (Å²) in [6.07, 6.45) is 4.86. The van der Waals surface area contributed by atoms with Crippen molar-refractivity contribution in [3.05, 3.63) is 71.3 Å². The number of rotatable bonds is 3. The largest absolute Gasteiger partial charge is 0.279 e. The summed E-state index contributed by atoms with van der Waals surface area (Å²) >= 11 is 0. The average Bonchev–Trinajstić information content (AvgIpc) is 3.38. The van der Waals surface area contributed by atoms with Gasteiger partial charge in [-0.15, -0.1) is 0 Å². The van der Waals surface area contributed by atoms with Gasteiger partial charge in [-0.3, -0.25) is 10.1 Å². The van der Waals surface area contributed by atoms with Crippen molar-refractivity contribution in [2.24, 2.45) is 0 Å². The van der Waals surface area contributed by atoms with Gasteiger partial charge in [-0.1, -0.05) is 18.2 Å². The number of aromatic amines is 1. The Labute approximate surface area is 138 Å². The molecule has 1 fully saturated rings. The highest BCUT2D eigenvalue weighted by molar-refractivity contribution is 5.88. The number of H-pyrrole nitrogens is 1. The summed E-state index contributed by atoms with van der Waals surface area (Å²) in [5.74, 6) is 0.462. The third-order valence-electron chi connectivity index (χ3n) is 4.84. The van der Waals surface area contributed by atoms with Crippen LogP contribution in [-0.4, -0.2) is 15.2 Å². The fourth-order valence-electron chi connectivity index (χ4n) is 3.47. The third kappa shape index (κ3) is 2.18. The summed E-state index contributed by atoms with van der Waals surface area (Å²) < 4.78 is 14.3. The van der Waals surface area contributed by atoms with Gasteiger partial charge in [-0.05, 0) is 59.5 Å². The smallest absolute Gasteiger partial charge is 0.131 e. The molecule has 1 saturated carbocycles. The number of aromatic nitrogens is 3. The van der Waals surface area contributed by atoms with Crippen molar-refractivity contribution in [2.45, 2.75) is 25.2 Å². The van der Waals surface area contributed by atoms with Crippen LogP contribution in [0.3, 0.4) is 0 Å². The number of hydrogen-bond donors (Lipinski definition) is 1. The van der Waals surface area contributed by atoms with E-state index in [4.69, 9.17) is 0 Å². The number of pyridine rings is 1. The van der Waals surface area contributed by atoms with E-state index in [-0.39, 0.29) is 5.82 Å². The molecule has 2 heterocycles. The fraction of sp³-hybridized carbons (Fsp3) is 0.200. The second-order valence-electron chi connectivity index (χ2n) is 6.54. The van der Waals surface area contributed by atoms with Gasteiger partial charge in [0.1, 0.15) is 16.9 Å². The minimum absolute atomic E-state index is 0.149. The summed E-state index contributed by atoms with van der Waals surface area (Å²) in [7, 11) is 0. The van der Waals surface area contributed by atoms with Crippen molar-refractivity contribution >= 4 is 21.8 Å². The van der Waals surface area contributed by atoms with Gasteiger partial charge >= 0.3 is 0 Å². The highest BCUT2D eigenvalue weighted by atomic mass is 19.1. The van der Waals surface area contributed by atoms with E-state index in [9.17, 15) is 4.39 Å². The zero-order valence-corrected chi connectivity index (χ0v) is 13.1. The second-order valence-corrected chi connectivity index (χ2v) is 6.54. The molecule has 3 nitrogen and oxygen atoms in total. The number of benzene rings is 2. The van der Waals surface area contributed by atoms with Gasteiger partial charge in [0.15, 0.2) is 0 Å². The Morgan fingerprint density at radius 1 is 1.08 bits per heavy atom. The van der Waals surface area contributed by atoms with Crippen LogP contribution in [0.4, 0.5) is 4.39 Å². The van der Waals surface area contributed by atoms with Crippen LogP contribution in [-0.2, 0) is 6.42 Å². The van der Waals surface area contributed by atoms with E-state index in [2.05, 4.69) is 27.3 Å². The molecule has 0 saturated heterocycles. The molecule has 0 unspecified atom stereocenters. The molecule has 1 aliphatic carbocycles. The van der Waals surface area contributed by atoms with Crippen molar-refractivity contribution < 1.29 is 4.39 Å². The summed E-state index contributed by atoms with van der Waals surface area (Å²) in [6, 6.07) is 13.5. The Bertz CT molecular complexity index is 1060. The van der Waals surface area contributed by atoms with Crippen LogP contribution >= 0.6 is 0 Å². The standard InChI is InChI=1S/C20H16FN3/c21-17-8-7-14(13-4-5-13)15-6-3-12(10-16(15)17)11-19-20-18(23-24-19)2-1-9-22-20/h1-3,6-10,13H,4-5,11H2,(H,23,24). The van der Waals surface area contributed by atoms with Crippen LogP contribution in [0.1, 0.15) is 35.6 Å². The van der Waals surface area contributed by atoms with Gasteiger partial charge < -0.3 is 0 Å². The maximum absolute atomic E-state index is 14.3. The van der Waals surface area contributed by atoms with Crippen LogP contribution in [0.5, 0.6) is 0 Å². The lowest BCUT2D eigenvalue weighted by Gasteiger charge is -2.09. The van der Waals surface area contributed by atoms with Gasteiger partial charge in [0.2, 0.25) is 0 Å². The molecule has 4 heteroatoms. The van der Waals surface area contributed by atoms with E-state index in [1.807, 2.05) is 24.3 Å². The fourth-order valence-corrected chi connectivity index (χ4v) is 3.47. The number of nitrogens with one attached hydrogen (secondary N) is 1. The minimum Gasteiger partial charge on any atom is -0.279 e. The second kappa shape index (κ2) is 5.13. The summed E-state index contributed by atoms with van der Waals surface area (Å²) in [6.45, 7) is 0. The lowest BCUT2D eigenvalue weighted by molar-refractivity contribution is 0.639. The van der Waals surface area contributed by atoms with E-state index >= 15 is 0 Å². The van der Waals surface area contributed by atoms with Gasteiger partial charge in [0, 0.05) is 18.0 Å². The van der Waals surface area contributed by atoms with Crippen molar-refractivity contribution in [1.82, 2.24) is 15.2 Å². The Morgan fingerprint density at radius 2 is 2.00 bits per heavy atom. The molecule has 0 radical (unpaired) electrons. The van der Waals surface area contributed by atoms with Crippen LogP contribution in [0, 0.1) is 5.82 Å². The molecule has 0 bridgehead atoms. The third-order valence-corrected chi connectivity index (χ3v) is 4.84. The molecule has 0 atom stereocenters. The first-order chi connectivity index (χ1) is 11.8. The van der Waals surface area contributed by atoms with E-state index in [0.717, 1.165) is 27.7 Å². The van der Waals surface area contributed by atoms with Crippen LogP contribution in [0.15, 0.2) is 48.7 Å². The first-order valence-electron chi connectivity index (χ1n) is 8.28. The molecule has 2 aromatic carbocycles. The van der Waals surface area contributed by atoms with Crippen LogP contribution < -0.4 is 0 Å². The Morgan fingerprint density at radius 3 is 2.88 bits per heavy atom. The molecule has 1 N–H and O–H groups in total. The Balaban J connectivity index is 1.59. The van der Waals surface area contributed by atoms with Crippen LogP contribution in [0.2, 0.25) is 0 Å². The topological polar surface area (TPSA) is 41.6 Å². The minimum atomic E-state index is -0.149. The molecule has 0 aliphatic heterocycles. The zero-order chi connectivity index (χ0) is 16.1. The predicted molar refractivity (Wildman–Crippen MR) is 92.6 cm³/mol. The molecule has 2 aromatic heterocycles. The molecule has 0 amide bonds. The molecule has 5 rings (SSSR count). The van der Waals surface area contributed by atoms with Gasteiger partial charge in [-0.2, -0.15) is 5.10 Å². The first kappa shape index (κ1) is 13.7. The summed E-state index contributed by atoms with van der Waals surface area (Å²) in [5.41, 5.74) is 5.04. The van der Waals surface area contributed by atoms with E-state index < -0.39 is 0 Å². The van der Waals surface area contributed by atoms with Gasteiger partial charge in [-0.25, -0.2) is 4.39 Å². The first-order valence-corrected chi connectivity index (χ1v) is 8.28. The normalized spacial score (nSPS) is 14.5. The van der Waals surface area contributed by atoms with E-state index in [0.29, 0.717) is 17.7 Å². The average molecular weight is 317 g/mol. The number of halogens is 1. The van der Waals surface area contributed by atoms with Crippen molar-refractivity contribution in [1.29, 1.82) is 0 Å². The summed E-state index contributed by atoms with van der Waals surface area (Å²) in [5, 5.41) is 9.10. The van der Waals surface area contributed by atoms with Crippen molar-refractivity contribution in [3.8, 4) is 0 Å². The molecule has 0 spiro atoms. The molecule has 24 heavy (non-hydrogen) atoms. The number of fused-ring (bicyclic) bond motifs is 2. The quantitative estimate of drug-likeness (QED) is 0.594. The Kier molecular flexibility index (Phi) is 2.92. The van der Waals surface area contributed by atoms with E-state index in [1.54, 1.807) is 12.3 Å². The molecule has 4 aromatic rings. The number of nitrogens with zero attached hydrogens (tertiary/aromatic N) is 2. The Hall–Kier alpha value is -2.75. The van der Waals surface area contributed by atoms with Crippen LogP contribution in [0.25, 0.3) is 21.8 Å². The molecular formula is C20H16FN3. The van der Waals surface area contributed by atoms with Crippen molar-refractivity contribution in [2.75, 3.05) is 0 Å². The van der Waals surface area contributed by atoms with Crippen molar-refractivity contribution in [3.63, 3.8) is 0 Å². The molecular weight excluding hydrogens is 301 g/mol. The number of hydrogen-bond acceptors (Lipinski definition) is 2. The van der Waals surface area contributed by atoms with E-state index in [1.165, 1.54) is 18.4 Å². The monoisotopic (exact) mass is 317 g/mol. The zero-order valence-electron chi connectivity index (χ0n) is 13.1. The highest BCUT2D eigenvalue weighted by Gasteiger charge is 2.25. The maximum Gasteiger partial charge on any atom is 0.131 e. The molecule has 118 valence electrons. The lowest BCUT2D eigenvalue weighted by Crippen LogP contribution is -1.93. The molecule has 1 aliphatic rings. The van der Waals surface area contributed by atoms with Gasteiger partial charge in [0.25, 0.3) is 0 Å². The summed E-state index contributed by atoms with van der Waals surface area (Å²) in [4.78, 5) is 4.39. The maximum atomic E-state index is 14.3. The SMILES string of the molecule is Fc1ccc(C2CC2)c2ccc(Cc3[nH]nc4cccnc34)cc12. The lowest BCUT2D eigenvalue weighted by atomic mass is 9.97.